The van der Waals surface area contributed by atoms with Gasteiger partial charge in [0.05, 0.1) is 5.41 Å². The number of carbonyl (C=O) groups is 1. The number of rotatable bonds is 1. The van der Waals surface area contributed by atoms with Crippen molar-refractivity contribution in [2.75, 3.05) is 0 Å². The summed E-state index contributed by atoms with van der Waals surface area (Å²) in [5, 5.41) is -0.279. The predicted octanol–water partition coefficient (Wildman–Crippen LogP) is 3.44. The van der Waals surface area contributed by atoms with Crippen LogP contribution in [0.5, 0.6) is 0 Å². The normalized spacial score (nSPS) is 21.4. The largest absolute Gasteiger partial charge is 0.280 e. The van der Waals surface area contributed by atoms with Gasteiger partial charge in [0.25, 0.3) is 0 Å². The molecule has 1 aliphatic carbocycles. The summed E-state index contributed by atoms with van der Waals surface area (Å²) < 4.78 is 0. The number of halogens is 1. The minimum absolute atomic E-state index is 0.279. The van der Waals surface area contributed by atoms with Gasteiger partial charge < -0.3 is 0 Å². The van der Waals surface area contributed by atoms with Crippen molar-refractivity contribution in [1.82, 2.24) is 0 Å². The standard InChI is InChI=1S/C11H15ClO/c1-6-7(2)9(4)11(5,8(6)3)10(12)13/h1-5H3. The van der Waals surface area contributed by atoms with Gasteiger partial charge in [-0.25, -0.2) is 0 Å². The van der Waals surface area contributed by atoms with Crippen molar-refractivity contribution in [2.45, 2.75) is 34.6 Å². The van der Waals surface area contributed by atoms with E-state index in [-0.39, 0.29) is 5.24 Å². The molecule has 13 heavy (non-hydrogen) atoms. The summed E-state index contributed by atoms with van der Waals surface area (Å²) >= 11 is 5.64. The Morgan fingerprint density at radius 2 is 1.38 bits per heavy atom. The van der Waals surface area contributed by atoms with Crippen molar-refractivity contribution in [3.8, 4) is 0 Å². The van der Waals surface area contributed by atoms with Crippen LogP contribution in [0.25, 0.3) is 0 Å². The number of carbonyl (C=O) groups excluding carboxylic acids is 1. The Balaban J connectivity index is 3.39. The highest BCUT2D eigenvalue weighted by molar-refractivity contribution is 6.65. The topological polar surface area (TPSA) is 17.1 Å². The second-order valence-corrected chi connectivity index (χ2v) is 4.24. The molecule has 0 aliphatic heterocycles. The van der Waals surface area contributed by atoms with Crippen LogP contribution in [-0.2, 0) is 4.79 Å². The summed E-state index contributed by atoms with van der Waals surface area (Å²) in [6.07, 6.45) is 0. The van der Waals surface area contributed by atoms with Crippen molar-refractivity contribution in [3.63, 3.8) is 0 Å². The van der Waals surface area contributed by atoms with Crippen molar-refractivity contribution in [1.29, 1.82) is 0 Å². The molecule has 0 saturated heterocycles. The molecule has 0 saturated carbocycles. The Bertz CT molecular complexity index is 310. The zero-order valence-corrected chi connectivity index (χ0v) is 9.54. The minimum atomic E-state index is -0.560. The van der Waals surface area contributed by atoms with Gasteiger partial charge >= 0.3 is 0 Å². The average Bonchev–Trinajstić information content (AvgIpc) is 2.22. The molecule has 0 fully saturated rings. The van der Waals surface area contributed by atoms with E-state index in [1.807, 2.05) is 34.6 Å². The summed E-state index contributed by atoms with van der Waals surface area (Å²) in [5.74, 6) is 0. The van der Waals surface area contributed by atoms with Crippen LogP contribution in [0.2, 0.25) is 0 Å². The highest BCUT2D eigenvalue weighted by Crippen LogP contribution is 2.47. The van der Waals surface area contributed by atoms with Crippen molar-refractivity contribution < 1.29 is 4.79 Å². The maximum absolute atomic E-state index is 11.4. The van der Waals surface area contributed by atoms with Crippen LogP contribution < -0.4 is 0 Å². The lowest BCUT2D eigenvalue weighted by Crippen LogP contribution is -2.24. The monoisotopic (exact) mass is 198 g/mol. The van der Waals surface area contributed by atoms with Gasteiger partial charge in [0.15, 0.2) is 0 Å². The van der Waals surface area contributed by atoms with Crippen LogP contribution in [0, 0.1) is 5.41 Å². The van der Waals surface area contributed by atoms with E-state index in [1.54, 1.807) is 0 Å². The van der Waals surface area contributed by atoms with E-state index >= 15 is 0 Å². The van der Waals surface area contributed by atoms with Crippen LogP contribution in [0.4, 0.5) is 0 Å². The fraction of sp³-hybridized carbons (Fsp3) is 0.545. The molecule has 0 heterocycles. The molecule has 0 atom stereocenters. The molecule has 72 valence electrons. The van der Waals surface area contributed by atoms with Crippen LogP contribution in [0.1, 0.15) is 34.6 Å². The second-order valence-electron chi connectivity index (χ2n) is 3.90. The molecule has 0 radical (unpaired) electrons. The maximum atomic E-state index is 11.4. The molecule has 1 nitrogen and oxygen atoms in total. The molecule has 0 unspecified atom stereocenters. The molecule has 0 bridgehead atoms. The van der Waals surface area contributed by atoms with E-state index < -0.39 is 5.41 Å². The lowest BCUT2D eigenvalue weighted by atomic mass is 9.81. The lowest BCUT2D eigenvalue weighted by molar-refractivity contribution is -0.116. The lowest BCUT2D eigenvalue weighted by Gasteiger charge is -2.23. The van der Waals surface area contributed by atoms with Gasteiger partial charge in [-0.3, -0.25) is 4.79 Å². The second kappa shape index (κ2) is 2.98. The van der Waals surface area contributed by atoms with Crippen molar-refractivity contribution >= 4 is 16.8 Å². The Labute approximate surface area is 84.5 Å². The van der Waals surface area contributed by atoms with Gasteiger partial charge in [0.1, 0.15) is 0 Å². The van der Waals surface area contributed by atoms with Crippen LogP contribution in [0.3, 0.4) is 0 Å². The van der Waals surface area contributed by atoms with E-state index in [0.29, 0.717) is 0 Å². The van der Waals surface area contributed by atoms with Crippen molar-refractivity contribution in [3.05, 3.63) is 22.3 Å². The average molecular weight is 199 g/mol. The molecule has 0 aromatic heterocycles. The zero-order chi connectivity index (χ0) is 10.4. The van der Waals surface area contributed by atoms with Gasteiger partial charge in [-0.1, -0.05) is 11.1 Å². The van der Waals surface area contributed by atoms with Gasteiger partial charge in [0.2, 0.25) is 5.24 Å². The smallest absolute Gasteiger partial charge is 0.235 e. The highest BCUT2D eigenvalue weighted by atomic mass is 35.5. The number of allylic oxidation sites excluding steroid dienone is 4. The summed E-state index contributed by atoms with van der Waals surface area (Å²) in [7, 11) is 0. The Hall–Kier alpha value is -0.560. The fourth-order valence-electron chi connectivity index (χ4n) is 1.89. The Kier molecular flexibility index (Phi) is 2.42. The molecule has 1 rings (SSSR count). The molecule has 0 aromatic rings. The molecule has 0 N–H and O–H groups in total. The summed E-state index contributed by atoms with van der Waals surface area (Å²) in [4.78, 5) is 11.4. The number of hydrogen-bond donors (Lipinski definition) is 0. The van der Waals surface area contributed by atoms with Crippen LogP contribution in [-0.4, -0.2) is 5.24 Å². The number of hydrogen-bond acceptors (Lipinski definition) is 1. The van der Waals surface area contributed by atoms with Crippen molar-refractivity contribution in [2.24, 2.45) is 5.41 Å². The first kappa shape index (κ1) is 10.5. The predicted molar refractivity (Wildman–Crippen MR) is 55.7 cm³/mol. The molecule has 0 aromatic carbocycles. The molecule has 1 aliphatic rings. The van der Waals surface area contributed by atoms with Crippen LogP contribution in [0.15, 0.2) is 22.3 Å². The molecule has 0 amide bonds. The SMILES string of the molecule is CC1=C(C)C(C)(C(=O)Cl)C(C)=C1C. The highest BCUT2D eigenvalue weighted by Gasteiger charge is 2.41. The van der Waals surface area contributed by atoms with Gasteiger partial charge in [-0.2, -0.15) is 0 Å². The van der Waals surface area contributed by atoms with Crippen LogP contribution >= 0.6 is 11.6 Å². The minimum Gasteiger partial charge on any atom is -0.280 e. The van der Waals surface area contributed by atoms with E-state index in [9.17, 15) is 4.79 Å². The summed E-state index contributed by atoms with van der Waals surface area (Å²) in [5.41, 5.74) is 4.02. The molecular formula is C11H15ClO. The molecular weight excluding hydrogens is 184 g/mol. The van der Waals surface area contributed by atoms with E-state index in [4.69, 9.17) is 11.6 Å². The third kappa shape index (κ3) is 1.18. The fourth-order valence-corrected chi connectivity index (χ4v) is 2.17. The van der Waals surface area contributed by atoms with Gasteiger partial charge in [0, 0.05) is 0 Å². The maximum Gasteiger partial charge on any atom is 0.235 e. The first-order valence-electron chi connectivity index (χ1n) is 4.39. The van der Waals surface area contributed by atoms with E-state index in [1.165, 1.54) is 11.1 Å². The van der Waals surface area contributed by atoms with Gasteiger partial charge in [-0.15, -0.1) is 0 Å². The quantitative estimate of drug-likeness (QED) is 0.590. The summed E-state index contributed by atoms with van der Waals surface area (Å²) in [6, 6.07) is 0. The molecule has 0 spiro atoms. The van der Waals surface area contributed by atoms with Gasteiger partial charge in [-0.05, 0) is 57.4 Å². The third-order valence-corrected chi connectivity index (χ3v) is 3.96. The Morgan fingerprint density at radius 1 is 1.08 bits per heavy atom. The van der Waals surface area contributed by atoms with E-state index in [0.717, 1.165) is 11.1 Å². The zero-order valence-electron chi connectivity index (χ0n) is 8.79. The first-order valence-corrected chi connectivity index (χ1v) is 4.77. The summed E-state index contributed by atoms with van der Waals surface area (Å²) in [6.45, 7) is 9.94. The third-order valence-electron chi connectivity index (χ3n) is 3.58. The Morgan fingerprint density at radius 3 is 1.54 bits per heavy atom. The first-order chi connectivity index (χ1) is 5.83. The van der Waals surface area contributed by atoms with E-state index in [2.05, 4.69) is 0 Å². The molecule has 2 heteroatoms.